The summed E-state index contributed by atoms with van der Waals surface area (Å²) in [6.45, 7) is 1.76. The molecule has 2 unspecified atom stereocenters. The van der Waals surface area contributed by atoms with Crippen LogP contribution >= 0.6 is 0 Å². The highest BCUT2D eigenvalue weighted by Gasteiger charge is 2.30. The van der Waals surface area contributed by atoms with E-state index in [9.17, 15) is 9.18 Å². The van der Waals surface area contributed by atoms with E-state index in [0.29, 0.717) is 23.1 Å². The molecule has 0 saturated carbocycles. The van der Waals surface area contributed by atoms with Crippen molar-refractivity contribution >= 4 is 0 Å². The summed E-state index contributed by atoms with van der Waals surface area (Å²) in [5, 5.41) is 0. The highest BCUT2D eigenvalue weighted by molar-refractivity contribution is 5.65. The van der Waals surface area contributed by atoms with Crippen LogP contribution in [-0.2, 0) is 12.8 Å². The third kappa shape index (κ3) is 3.30. The molecular formula is C22H22FN3O. The average molecular weight is 363 g/mol. The van der Waals surface area contributed by atoms with Crippen LogP contribution in [0.3, 0.4) is 0 Å². The molecule has 1 aliphatic carbocycles. The second-order valence-electron chi connectivity index (χ2n) is 7.24. The maximum absolute atomic E-state index is 14.5. The van der Waals surface area contributed by atoms with Crippen molar-refractivity contribution in [3.63, 3.8) is 0 Å². The molecule has 1 aliphatic rings. The van der Waals surface area contributed by atoms with Gasteiger partial charge in [-0.15, -0.1) is 0 Å². The van der Waals surface area contributed by atoms with Gasteiger partial charge < -0.3 is 10.7 Å². The van der Waals surface area contributed by atoms with Gasteiger partial charge in [0.05, 0.1) is 12.0 Å². The number of halogens is 1. The standard InChI is InChI=1S/C22H22FN3O/c1-13-4-2-7-16(21(13)23)15-6-3-5-14(10-15)11-17-18(24)8-9-19-20(17)22(27)26-12-25-19/h2-7,10,12,17-18H,8-9,11,24H2,1H3,(H,25,26,27). The van der Waals surface area contributed by atoms with Gasteiger partial charge in [-0.25, -0.2) is 9.37 Å². The topological polar surface area (TPSA) is 71.8 Å². The van der Waals surface area contributed by atoms with E-state index in [-0.39, 0.29) is 23.3 Å². The van der Waals surface area contributed by atoms with Crippen molar-refractivity contribution in [3.05, 3.63) is 87.3 Å². The number of benzene rings is 2. The Morgan fingerprint density at radius 3 is 2.93 bits per heavy atom. The molecule has 3 aromatic rings. The van der Waals surface area contributed by atoms with Gasteiger partial charge in [-0.05, 0) is 42.9 Å². The minimum atomic E-state index is -0.199. The van der Waals surface area contributed by atoms with Gasteiger partial charge in [0, 0.05) is 23.1 Å². The number of nitrogens with two attached hydrogens (primary N) is 1. The van der Waals surface area contributed by atoms with E-state index in [2.05, 4.69) is 9.97 Å². The maximum Gasteiger partial charge on any atom is 0.254 e. The Morgan fingerprint density at radius 2 is 2.07 bits per heavy atom. The molecule has 0 aliphatic heterocycles. The zero-order valence-corrected chi connectivity index (χ0v) is 15.2. The Morgan fingerprint density at radius 1 is 1.26 bits per heavy atom. The number of aromatic nitrogens is 2. The van der Waals surface area contributed by atoms with Gasteiger partial charge in [0.2, 0.25) is 0 Å². The Kier molecular flexibility index (Phi) is 4.62. The summed E-state index contributed by atoms with van der Waals surface area (Å²) < 4.78 is 14.5. The van der Waals surface area contributed by atoms with Gasteiger partial charge in [0.15, 0.2) is 0 Å². The fourth-order valence-electron chi connectivity index (χ4n) is 3.99. The Bertz CT molecular complexity index is 1040. The van der Waals surface area contributed by atoms with Gasteiger partial charge >= 0.3 is 0 Å². The molecule has 1 heterocycles. The van der Waals surface area contributed by atoms with Crippen molar-refractivity contribution in [1.29, 1.82) is 0 Å². The smallest absolute Gasteiger partial charge is 0.254 e. The lowest BCUT2D eigenvalue weighted by Crippen LogP contribution is -2.38. The predicted octanol–water partition coefficient (Wildman–Crippen LogP) is 3.48. The number of hydrogen-bond donors (Lipinski definition) is 2. The number of fused-ring (bicyclic) bond motifs is 1. The fraction of sp³-hybridized carbons (Fsp3) is 0.273. The summed E-state index contributed by atoms with van der Waals surface area (Å²) in [5.41, 5.74) is 10.9. The van der Waals surface area contributed by atoms with Crippen molar-refractivity contribution in [2.24, 2.45) is 5.73 Å². The van der Waals surface area contributed by atoms with E-state index < -0.39 is 0 Å². The minimum Gasteiger partial charge on any atom is -0.327 e. The number of nitrogens with zero attached hydrogens (tertiary/aromatic N) is 1. The molecule has 3 N–H and O–H groups in total. The molecule has 4 rings (SSSR count). The van der Waals surface area contributed by atoms with Crippen molar-refractivity contribution in [2.75, 3.05) is 0 Å². The Hall–Kier alpha value is -2.79. The van der Waals surface area contributed by atoms with Crippen LogP contribution in [0.2, 0.25) is 0 Å². The van der Waals surface area contributed by atoms with E-state index >= 15 is 0 Å². The second kappa shape index (κ2) is 7.08. The quantitative estimate of drug-likeness (QED) is 0.748. The van der Waals surface area contributed by atoms with E-state index in [0.717, 1.165) is 29.7 Å². The van der Waals surface area contributed by atoms with Crippen LogP contribution in [0.5, 0.6) is 0 Å². The van der Waals surface area contributed by atoms with Crippen LogP contribution in [0.4, 0.5) is 4.39 Å². The summed E-state index contributed by atoms with van der Waals surface area (Å²) in [6.07, 6.45) is 3.62. The van der Waals surface area contributed by atoms with Crippen LogP contribution in [0.25, 0.3) is 11.1 Å². The molecule has 2 aromatic carbocycles. The highest BCUT2D eigenvalue weighted by atomic mass is 19.1. The number of rotatable bonds is 3. The van der Waals surface area contributed by atoms with Crippen LogP contribution < -0.4 is 11.3 Å². The van der Waals surface area contributed by atoms with Crippen LogP contribution in [0, 0.1) is 12.7 Å². The summed E-state index contributed by atoms with van der Waals surface area (Å²) in [7, 11) is 0. The zero-order chi connectivity index (χ0) is 19.0. The number of nitrogens with one attached hydrogen (secondary N) is 1. The van der Waals surface area contributed by atoms with Crippen molar-refractivity contribution in [1.82, 2.24) is 9.97 Å². The fourth-order valence-corrected chi connectivity index (χ4v) is 3.99. The first-order valence-corrected chi connectivity index (χ1v) is 9.21. The molecule has 138 valence electrons. The molecule has 5 heteroatoms. The van der Waals surface area contributed by atoms with Crippen LogP contribution in [0.1, 0.15) is 34.7 Å². The highest BCUT2D eigenvalue weighted by Crippen LogP contribution is 2.32. The first-order chi connectivity index (χ1) is 13.0. The number of aromatic amines is 1. The third-order valence-electron chi connectivity index (χ3n) is 5.46. The average Bonchev–Trinajstić information content (AvgIpc) is 2.67. The molecule has 0 bridgehead atoms. The first kappa shape index (κ1) is 17.6. The third-order valence-corrected chi connectivity index (χ3v) is 5.46. The minimum absolute atomic E-state index is 0.0937. The number of H-pyrrole nitrogens is 1. The van der Waals surface area contributed by atoms with Crippen molar-refractivity contribution < 1.29 is 4.39 Å². The van der Waals surface area contributed by atoms with E-state index in [1.165, 1.54) is 6.33 Å². The summed E-state index contributed by atoms with van der Waals surface area (Å²) in [4.78, 5) is 19.4. The largest absolute Gasteiger partial charge is 0.327 e. The van der Waals surface area contributed by atoms with Crippen molar-refractivity contribution in [3.8, 4) is 11.1 Å². The lowest BCUT2D eigenvalue weighted by molar-refractivity contribution is 0.456. The van der Waals surface area contributed by atoms with Gasteiger partial charge in [-0.1, -0.05) is 42.5 Å². The molecular weight excluding hydrogens is 341 g/mol. The summed E-state index contributed by atoms with van der Waals surface area (Å²) in [6, 6.07) is 13.1. The Balaban J connectivity index is 1.71. The van der Waals surface area contributed by atoms with E-state index in [4.69, 9.17) is 5.73 Å². The van der Waals surface area contributed by atoms with Gasteiger partial charge in [-0.3, -0.25) is 4.79 Å². The second-order valence-corrected chi connectivity index (χ2v) is 7.24. The van der Waals surface area contributed by atoms with E-state index in [1.54, 1.807) is 19.1 Å². The molecule has 2 atom stereocenters. The summed E-state index contributed by atoms with van der Waals surface area (Å²) in [5.74, 6) is -0.293. The Labute approximate surface area is 157 Å². The monoisotopic (exact) mass is 363 g/mol. The van der Waals surface area contributed by atoms with Gasteiger partial charge in [0.1, 0.15) is 5.82 Å². The lowest BCUT2D eigenvalue weighted by atomic mass is 9.79. The van der Waals surface area contributed by atoms with Gasteiger partial charge in [-0.2, -0.15) is 0 Å². The SMILES string of the molecule is Cc1cccc(-c2cccc(CC3c4c(nc[nH]c4=O)CCC3N)c2)c1F. The molecule has 4 nitrogen and oxygen atoms in total. The number of aryl methyl sites for hydroxylation is 2. The molecule has 0 fully saturated rings. The predicted molar refractivity (Wildman–Crippen MR) is 104 cm³/mol. The number of hydrogen-bond acceptors (Lipinski definition) is 3. The van der Waals surface area contributed by atoms with Crippen LogP contribution in [0.15, 0.2) is 53.6 Å². The summed E-state index contributed by atoms with van der Waals surface area (Å²) >= 11 is 0. The van der Waals surface area contributed by atoms with Crippen LogP contribution in [-0.4, -0.2) is 16.0 Å². The normalized spacial score (nSPS) is 18.9. The molecule has 0 spiro atoms. The molecule has 0 amide bonds. The maximum atomic E-state index is 14.5. The molecule has 0 saturated heterocycles. The van der Waals surface area contributed by atoms with Crippen molar-refractivity contribution in [2.45, 2.75) is 38.1 Å². The van der Waals surface area contributed by atoms with Gasteiger partial charge in [0.25, 0.3) is 5.56 Å². The zero-order valence-electron chi connectivity index (χ0n) is 15.2. The molecule has 0 radical (unpaired) electrons. The molecule has 27 heavy (non-hydrogen) atoms. The molecule has 1 aromatic heterocycles. The van der Waals surface area contributed by atoms with E-state index in [1.807, 2.05) is 30.3 Å². The lowest BCUT2D eigenvalue weighted by Gasteiger charge is -2.29. The first-order valence-electron chi connectivity index (χ1n) is 9.21.